The second-order valence-electron chi connectivity index (χ2n) is 12.6. The van der Waals surface area contributed by atoms with Crippen molar-refractivity contribution in [3.05, 3.63) is 41.3 Å². The Morgan fingerprint density at radius 3 is 2.22 bits per heavy atom. The van der Waals surface area contributed by atoms with E-state index in [1.807, 2.05) is 41.3 Å². The smallest absolute Gasteiger partial charge is 0.428 e. The Morgan fingerprint density at radius 2 is 1.61 bits per heavy atom. The number of carbonyl (C=O) groups is 3. The van der Waals surface area contributed by atoms with Crippen molar-refractivity contribution in [3.63, 3.8) is 0 Å². The van der Waals surface area contributed by atoms with Crippen LogP contribution < -0.4 is 9.80 Å². The minimum atomic E-state index is -1.16. The highest BCUT2D eigenvalue weighted by Crippen LogP contribution is 2.41. The van der Waals surface area contributed by atoms with Crippen molar-refractivity contribution in [2.45, 2.75) is 91.1 Å². The molecule has 8 nitrogen and oxygen atoms in total. The summed E-state index contributed by atoms with van der Waals surface area (Å²) in [4.78, 5) is 44.7. The monoisotopic (exact) mass is 585 g/mol. The van der Waals surface area contributed by atoms with Crippen LogP contribution in [0.1, 0.15) is 82.8 Å². The zero-order chi connectivity index (χ0) is 29.7. The van der Waals surface area contributed by atoms with Gasteiger partial charge in [0.15, 0.2) is 0 Å². The van der Waals surface area contributed by atoms with Crippen LogP contribution >= 0.6 is 11.3 Å². The molecule has 0 bridgehead atoms. The summed E-state index contributed by atoms with van der Waals surface area (Å²) in [6.07, 6.45) is 3.46. The van der Waals surface area contributed by atoms with Gasteiger partial charge >= 0.3 is 12.1 Å². The Bertz CT molecular complexity index is 1190. The van der Waals surface area contributed by atoms with Crippen LogP contribution in [-0.4, -0.2) is 56.1 Å². The van der Waals surface area contributed by atoms with E-state index in [-0.39, 0.29) is 17.9 Å². The van der Waals surface area contributed by atoms with Crippen molar-refractivity contribution in [2.75, 3.05) is 25.0 Å². The number of piperidine rings is 1. The third-order valence-electron chi connectivity index (χ3n) is 7.92. The summed E-state index contributed by atoms with van der Waals surface area (Å²) in [5.74, 6) is 0.0432. The van der Waals surface area contributed by atoms with Gasteiger partial charge in [-0.25, -0.2) is 9.59 Å². The maximum Gasteiger partial charge on any atom is 0.511 e. The molecule has 2 aromatic rings. The van der Waals surface area contributed by atoms with Gasteiger partial charge in [0.1, 0.15) is 10.5 Å². The van der Waals surface area contributed by atoms with Crippen molar-refractivity contribution < 1.29 is 33.5 Å². The van der Waals surface area contributed by atoms with Crippen molar-refractivity contribution in [1.82, 2.24) is 0 Å². The first kappa shape index (κ1) is 31.0. The number of hydrogen-bond acceptors (Lipinski definition) is 7. The quantitative estimate of drug-likeness (QED) is 0.331. The molecular formula is C32H45N2O6S+. The second-order valence-corrected chi connectivity index (χ2v) is 13.7. The molecular weight excluding hydrogens is 540 g/mol. The molecule has 224 valence electrons. The molecule has 4 rings (SSSR count). The number of anilines is 1. The molecule has 1 aromatic carbocycles. The molecule has 2 aliphatic rings. The molecule has 41 heavy (non-hydrogen) atoms. The number of carbonyl (C=O) groups excluding carboxylic acids is 3. The first-order valence-electron chi connectivity index (χ1n) is 14.9. The maximum atomic E-state index is 14.3. The van der Waals surface area contributed by atoms with Crippen LogP contribution in [0.25, 0.3) is 10.4 Å². The fourth-order valence-corrected chi connectivity index (χ4v) is 6.68. The number of quaternary nitrogens is 1. The summed E-state index contributed by atoms with van der Waals surface area (Å²) in [6.45, 7) is 10.9. The number of nitrogens with zero attached hydrogens (tertiary/aromatic N) is 1. The molecule has 2 fully saturated rings. The van der Waals surface area contributed by atoms with Gasteiger partial charge in [-0.2, -0.15) is 0 Å². The SMILES string of the molecule is CC1CCC(C(=O)N(c2cc(-c3ccccc3)sc2C(=O)OC(C)OC(=O)OC(C)(C)C)C2CC[NH+](C)CC2)CC1. The van der Waals surface area contributed by atoms with Crippen LogP contribution in [-0.2, 0) is 19.0 Å². The summed E-state index contributed by atoms with van der Waals surface area (Å²) < 4.78 is 16.0. The molecule has 1 aliphatic heterocycles. The largest absolute Gasteiger partial charge is 0.511 e. The van der Waals surface area contributed by atoms with Crippen LogP contribution in [0.15, 0.2) is 36.4 Å². The van der Waals surface area contributed by atoms with Gasteiger partial charge in [-0.15, -0.1) is 11.3 Å². The van der Waals surface area contributed by atoms with E-state index in [4.69, 9.17) is 14.2 Å². The molecule has 0 radical (unpaired) electrons. The normalized spacial score (nSPS) is 23.8. The Morgan fingerprint density at radius 1 is 0.976 bits per heavy atom. The number of hydrogen-bond donors (Lipinski definition) is 1. The molecule has 1 N–H and O–H groups in total. The number of amides is 1. The van der Waals surface area contributed by atoms with Crippen molar-refractivity contribution in [1.29, 1.82) is 0 Å². The number of benzene rings is 1. The number of ether oxygens (including phenoxy) is 3. The average Bonchev–Trinajstić information content (AvgIpc) is 3.35. The highest BCUT2D eigenvalue weighted by molar-refractivity contribution is 7.18. The lowest BCUT2D eigenvalue weighted by atomic mass is 9.82. The van der Waals surface area contributed by atoms with Gasteiger partial charge in [0.2, 0.25) is 12.2 Å². The summed E-state index contributed by atoms with van der Waals surface area (Å²) in [7, 11) is 2.18. The molecule has 2 heterocycles. The lowest BCUT2D eigenvalue weighted by molar-refractivity contribution is -0.884. The number of esters is 1. The predicted molar refractivity (Wildman–Crippen MR) is 160 cm³/mol. The minimum absolute atomic E-state index is 0.00533. The molecule has 1 unspecified atom stereocenters. The van der Waals surface area contributed by atoms with Crippen molar-refractivity contribution in [2.24, 2.45) is 11.8 Å². The van der Waals surface area contributed by atoms with E-state index in [0.717, 1.165) is 62.1 Å². The maximum absolute atomic E-state index is 14.3. The molecule has 1 saturated heterocycles. The van der Waals surface area contributed by atoms with Gasteiger partial charge in [-0.05, 0) is 64.0 Å². The molecule has 1 atom stereocenters. The van der Waals surface area contributed by atoms with Crippen LogP contribution in [0, 0.1) is 11.8 Å². The predicted octanol–water partition coefficient (Wildman–Crippen LogP) is 5.71. The third-order valence-corrected chi connectivity index (χ3v) is 9.07. The van der Waals surface area contributed by atoms with E-state index in [1.54, 1.807) is 20.8 Å². The van der Waals surface area contributed by atoms with E-state index in [2.05, 4.69) is 14.0 Å². The second kappa shape index (κ2) is 13.4. The average molecular weight is 586 g/mol. The van der Waals surface area contributed by atoms with Gasteiger partial charge in [-0.3, -0.25) is 4.79 Å². The van der Waals surface area contributed by atoms with Gasteiger partial charge in [0.05, 0.1) is 25.8 Å². The summed E-state index contributed by atoms with van der Waals surface area (Å²) in [6, 6.07) is 11.8. The van der Waals surface area contributed by atoms with E-state index >= 15 is 0 Å². The molecule has 1 amide bonds. The third kappa shape index (κ3) is 8.32. The van der Waals surface area contributed by atoms with E-state index in [1.165, 1.54) is 23.2 Å². The lowest BCUT2D eigenvalue weighted by Crippen LogP contribution is -3.10. The standard InChI is InChI=1S/C32H44N2O6S/c1-21-12-14-24(15-13-21)29(35)34(25-16-18-33(6)19-17-25)26-20-27(23-10-8-7-9-11-23)41-28(26)30(36)38-22(2)39-31(37)40-32(3,4)5/h7-11,20-22,24-25H,12-19H2,1-6H3/p+1. The number of rotatable bonds is 7. The minimum Gasteiger partial charge on any atom is -0.428 e. The Hall–Kier alpha value is -2.91. The Kier molecular flexibility index (Phi) is 10.1. The fraction of sp³-hybridized carbons (Fsp3) is 0.594. The number of likely N-dealkylation sites (tertiary alicyclic amines) is 1. The molecule has 9 heteroatoms. The van der Waals surface area contributed by atoms with Crippen molar-refractivity contribution in [3.8, 4) is 10.4 Å². The first-order chi connectivity index (χ1) is 19.4. The zero-order valence-corrected chi connectivity index (χ0v) is 26.1. The molecule has 1 saturated carbocycles. The van der Waals surface area contributed by atoms with E-state index in [9.17, 15) is 14.4 Å². The van der Waals surface area contributed by atoms with Crippen LogP contribution in [0.5, 0.6) is 0 Å². The Balaban J connectivity index is 1.68. The lowest BCUT2D eigenvalue weighted by Gasteiger charge is -2.38. The van der Waals surface area contributed by atoms with Crippen molar-refractivity contribution >= 4 is 35.1 Å². The van der Waals surface area contributed by atoms with Gasteiger partial charge < -0.3 is 24.0 Å². The summed E-state index contributed by atoms with van der Waals surface area (Å²) in [5.41, 5.74) is 0.818. The molecule has 1 aliphatic carbocycles. The summed E-state index contributed by atoms with van der Waals surface area (Å²) in [5, 5.41) is 0. The van der Waals surface area contributed by atoms with Gasteiger partial charge in [0.25, 0.3) is 0 Å². The highest BCUT2D eigenvalue weighted by atomic mass is 32.1. The van der Waals surface area contributed by atoms with Gasteiger partial charge in [-0.1, -0.05) is 37.3 Å². The van der Waals surface area contributed by atoms with Gasteiger partial charge in [0, 0.05) is 36.6 Å². The number of thiophene rings is 1. The summed E-state index contributed by atoms with van der Waals surface area (Å²) >= 11 is 1.30. The fourth-order valence-electron chi connectivity index (χ4n) is 5.64. The first-order valence-corrected chi connectivity index (χ1v) is 15.7. The zero-order valence-electron chi connectivity index (χ0n) is 25.2. The molecule has 1 aromatic heterocycles. The Labute approximate surface area is 247 Å². The topological polar surface area (TPSA) is 86.6 Å². The van der Waals surface area contributed by atoms with E-state index in [0.29, 0.717) is 16.5 Å². The molecule has 0 spiro atoms. The van der Waals surface area contributed by atoms with Crippen LogP contribution in [0.2, 0.25) is 0 Å². The van der Waals surface area contributed by atoms with Crippen LogP contribution in [0.3, 0.4) is 0 Å². The van der Waals surface area contributed by atoms with E-state index < -0.39 is 24.0 Å². The highest BCUT2D eigenvalue weighted by Gasteiger charge is 2.38. The van der Waals surface area contributed by atoms with Crippen LogP contribution in [0.4, 0.5) is 10.5 Å². The number of nitrogens with one attached hydrogen (secondary N) is 1.